The average Bonchev–Trinajstić information content (AvgIpc) is 3.29. The summed E-state index contributed by atoms with van der Waals surface area (Å²) < 4.78 is 7.14. The average molecular weight is 440 g/mol. The summed E-state index contributed by atoms with van der Waals surface area (Å²) in [5, 5.41) is 8.58. The molecule has 1 fully saturated rings. The Morgan fingerprint density at radius 3 is 2.61 bits per heavy atom. The molecule has 1 aliphatic carbocycles. The van der Waals surface area contributed by atoms with Crippen LogP contribution in [0, 0.1) is 5.92 Å². The van der Waals surface area contributed by atoms with Gasteiger partial charge in [-0.2, -0.15) is 5.10 Å². The lowest BCUT2D eigenvalue weighted by molar-refractivity contribution is 0.337. The Morgan fingerprint density at radius 2 is 1.94 bits per heavy atom. The number of rotatable bonds is 7. The van der Waals surface area contributed by atoms with Crippen LogP contribution in [0.5, 0.6) is 5.88 Å². The highest BCUT2D eigenvalue weighted by Gasteiger charge is 2.23. The van der Waals surface area contributed by atoms with Crippen molar-refractivity contribution in [1.82, 2.24) is 19.7 Å². The molecule has 3 heterocycles. The van der Waals surface area contributed by atoms with E-state index in [9.17, 15) is 0 Å². The molecule has 0 aromatic carbocycles. The summed E-state index contributed by atoms with van der Waals surface area (Å²) in [6.07, 6.45) is 12.4. The van der Waals surface area contributed by atoms with Crippen LogP contribution in [0.2, 0.25) is 5.02 Å². The first kappa shape index (κ1) is 21.6. The Labute approximate surface area is 189 Å². The Morgan fingerprint density at radius 1 is 1.13 bits per heavy atom. The number of aromatic nitrogens is 4. The lowest BCUT2D eigenvalue weighted by Gasteiger charge is -2.29. The molecule has 0 saturated heterocycles. The monoisotopic (exact) mass is 439 g/mol. The Hall–Kier alpha value is -2.60. The van der Waals surface area contributed by atoms with Crippen LogP contribution in [0.1, 0.15) is 57.1 Å². The molecule has 0 unspecified atom stereocenters. The van der Waals surface area contributed by atoms with E-state index >= 15 is 0 Å². The Bertz CT molecular complexity index is 1010. The van der Waals surface area contributed by atoms with Crippen LogP contribution in [0.3, 0.4) is 0 Å². The minimum Gasteiger partial charge on any atom is -0.480 e. The number of hydrogen-bond acceptors (Lipinski definition) is 5. The fourth-order valence-corrected chi connectivity index (χ4v) is 4.49. The molecule has 6 nitrogen and oxygen atoms in total. The molecule has 0 bridgehead atoms. The van der Waals surface area contributed by atoms with Crippen molar-refractivity contribution in [2.75, 3.05) is 19.0 Å². The number of halogens is 1. The largest absolute Gasteiger partial charge is 0.480 e. The van der Waals surface area contributed by atoms with Crippen LogP contribution in [0.25, 0.3) is 11.1 Å². The van der Waals surface area contributed by atoms with E-state index in [1.165, 1.54) is 18.4 Å². The zero-order chi connectivity index (χ0) is 21.8. The van der Waals surface area contributed by atoms with Gasteiger partial charge in [-0.05, 0) is 80.7 Å². The van der Waals surface area contributed by atoms with Crippen LogP contribution in [0.15, 0.2) is 43.0 Å². The first-order chi connectivity index (χ1) is 15.0. The third-order valence-corrected chi connectivity index (χ3v) is 6.41. The molecular weight excluding hydrogens is 410 g/mol. The molecule has 3 aromatic heterocycles. The molecule has 0 aliphatic heterocycles. The highest BCUT2D eigenvalue weighted by atomic mass is 35.5. The predicted molar refractivity (Wildman–Crippen MR) is 125 cm³/mol. The topological polar surface area (TPSA) is 64.9 Å². The van der Waals surface area contributed by atoms with E-state index in [1.807, 2.05) is 35.4 Å². The minimum absolute atomic E-state index is 0.355. The standard InChI is InChI=1S/C24H30ClN5O/c1-16(2)30-15-21(14-29-30)19-8-9-26-23(11-19)27-12-17-4-6-18(7-5-17)20-10-22(25)24(31-3)28-13-20/h8-11,13-18H,4-7,12H2,1-3H3,(H,26,27)/t17-,18-. The molecule has 3 aromatic rings. The lowest BCUT2D eigenvalue weighted by atomic mass is 9.79. The molecule has 1 N–H and O–H groups in total. The van der Waals surface area contributed by atoms with E-state index in [0.29, 0.717) is 28.8 Å². The van der Waals surface area contributed by atoms with Gasteiger partial charge in [0.1, 0.15) is 10.8 Å². The third kappa shape index (κ3) is 5.18. The highest BCUT2D eigenvalue weighted by molar-refractivity contribution is 6.31. The molecule has 1 saturated carbocycles. The highest BCUT2D eigenvalue weighted by Crippen LogP contribution is 2.37. The van der Waals surface area contributed by atoms with Crippen molar-refractivity contribution >= 4 is 17.4 Å². The Balaban J connectivity index is 1.31. The zero-order valence-corrected chi connectivity index (χ0v) is 19.1. The maximum atomic E-state index is 6.26. The van der Waals surface area contributed by atoms with Crippen molar-refractivity contribution in [2.24, 2.45) is 5.92 Å². The first-order valence-electron chi connectivity index (χ1n) is 11.0. The van der Waals surface area contributed by atoms with Gasteiger partial charge in [0, 0.05) is 36.7 Å². The van der Waals surface area contributed by atoms with Gasteiger partial charge >= 0.3 is 0 Å². The summed E-state index contributed by atoms with van der Waals surface area (Å²) in [5.74, 6) is 2.58. The first-order valence-corrected chi connectivity index (χ1v) is 11.3. The van der Waals surface area contributed by atoms with Crippen molar-refractivity contribution in [3.05, 3.63) is 53.6 Å². The van der Waals surface area contributed by atoms with Crippen molar-refractivity contribution < 1.29 is 4.74 Å². The number of ether oxygens (including phenoxy) is 1. The molecule has 7 heteroatoms. The maximum absolute atomic E-state index is 6.26. The van der Waals surface area contributed by atoms with Crippen molar-refractivity contribution in [1.29, 1.82) is 0 Å². The van der Waals surface area contributed by atoms with Crippen LogP contribution in [-0.2, 0) is 0 Å². The number of hydrogen-bond donors (Lipinski definition) is 1. The third-order valence-electron chi connectivity index (χ3n) is 6.14. The molecule has 0 amide bonds. The normalized spacial score (nSPS) is 18.9. The van der Waals surface area contributed by atoms with Gasteiger partial charge in [-0.15, -0.1) is 0 Å². The van der Waals surface area contributed by atoms with E-state index in [0.717, 1.165) is 36.3 Å². The molecule has 4 rings (SSSR count). The number of nitrogens with one attached hydrogen (secondary N) is 1. The molecule has 0 atom stereocenters. The van der Waals surface area contributed by atoms with Crippen LogP contribution in [-0.4, -0.2) is 33.4 Å². The predicted octanol–water partition coefficient (Wildman–Crippen LogP) is 5.97. The van der Waals surface area contributed by atoms with Gasteiger partial charge < -0.3 is 10.1 Å². The summed E-state index contributed by atoms with van der Waals surface area (Å²) in [5.41, 5.74) is 3.47. The van der Waals surface area contributed by atoms with E-state index in [4.69, 9.17) is 16.3 Å². The smallest absolute Gasteiger partial charge is 0.232 e. The van der Waals surface area contributed by atoms with E-state index in [2.05, 4.69) is 46.5 Å². The molecule has 31 heavy (non-hydrogen) atoms. The molecule has 0 radical (unpaired) electrons. The quantitative estimate of drug-likeness (QED) is 0.491. The van der Waals surface area contributed by atoms with Gasteiger partial charge in [0.25, 0.3) is 0 Å². The Kier molecular flexibility index (Phi) is 6.76. The maximum Gasteiger partial charge on any atom is 0.232 e. The van der Waals surface area contributed by atoms with Gasteiger partial charge in [0.15, 0.2) is 0 Å². The van der Waals surface area contributed by atoms with Gasteiger partial charge in [-0.1, -0.05) is 11.6 Å². The summed E-state index contributed by atoms with van der Waals surface area (Å²) in [6.45, 7) is 5.20. The van der Waals surface area contributed by atoms with Crippen molar-refractivity contribution in [3.63, 3.8) is 0 Å². The van der Waals surface area contributed by atoms with Gasteiger partial charge in [0.2, 0.25) is 5.88 Å². The minimum atomic E-state index is 0.355. The summed E-state index contributed by atoms with van der Waals surface area (Å²) in [6, 6.07) is 6.51. The summed E-state index contributed by atoms with van der Waals surface area (Å²) >= 11 is 6.26. The number of nitrogens with zero attached hydrogens (tertiary/aromatic N) is 4. The SMILES string of the molecule is COc1ncc([C@H]2CC[C@H](CNc3cc(-c4cnn(C(C)C)c4)ccn3)CC2)cc1Cl. The fourth-order valence-electron chi connectivity index (χ4n) is 4.24. The molecular formula is C24H30ClN5O. The van der Waals surface area contributed by atoms with Gasteiger partial charge in [0.05, 0.1) is 13.3 Å². The van der Waals surface area contributed by atoms with Gasteiger partial charge in [-0.3, -0.25) is 4.68 Å². The number of methoxy groups -OCH3 is 1. The fraction of sp³-hybridized carbons (Fsp3) is 0.458. The second kappa shape index (κ2) is 9.69. The van der Waals surface area contributed by atoms with Crippen LogP contribution in [0.4, 0.5) is 5.82 Å². The zero-order valence-electron chi connectivity index (χ0n) is 18.4. The number of anilines is 1. The van der Waals surface area contributed by atoms with Crippen molar-refractivity contribution in [2.45, 2.75) is 51.5 Å². The van der Waals surface area contributed by atoms with E-state index in [-0.39, 0.29) is 0 Å². The second-order valence-corrected chi connectivity index (χ2v) is 9.00. The van der Waals surface area contributed by atoms with E-state index in [1.54, 1.807) is 7.11 Å². The number of pyridine rings is 2. The second-order valence-electron chi connectivity index (χ2n) is 8.59. The molecule has 1 aliphatic rings. The van der Waals surface area contributed by atoms with Crippen LogP contribution < -0.4 is 10.1 Å². The molecule has 0 spiro atoms. The van der Waals surface area contributed by atoms with Crippen LogP contribution >= 0.6 is 11.6 Å². The van der Waals surface area contributed by atoms with Gasteiger partial charge in [-0.25, -0.2) is 9.97 Å². The lowest BCUT2D eigenvalue weighted by Crippen LogP contribution is -2.21. The summed E-state index contributed by atoms with van der Waals surface area (Å²) in [4.78, 5) is 8.84. The van der Waals surface area contributed by atoms with E-state index < -0.39 is 0 Å². The summed E-state index contributed by atoms with van der Waals surface area (Å²) in [7, 11) is 1.59. The molecule has 164 valence electrons. The van der Waals surface area contributed by atoms with Crippen molar-refractivity contribution in [3.8, 4) is 17.0 Å².